The maximum atomic E-state index is 12.0. The number of hydrogen-bond donors (Lipinski definition) is 0. The molecule has 0 bridgehead atoms. The van der Waals surface area contributed by atoms with Crippen LogP contribution in [0.4, 0.5) is 0 Å². The maximum Gasteiger partial charge on any atom is 0.178 e. The van der Waals surface area contributed by atoms with Gasteiger partial charge < -0.3 is 0 Å². The van der Waals surface area contributed by atoms with Crippen LogP contribution in [-0.4, -0.2) is 28.9 Å². The Kier molecular flexibility index (Phi) is 3.76. The van der Waals surface area contributed by atoms with Gasteiger partial charge in [0.05, 0.1) is 10.6 Å². The predicted octanol–water partition coefficient (Wildman–Crippen LogP) is 1.45. The standard InChI is InChI=1S/C12H15N3O2S/c1-11-13-10-15(14-11)8-5-9-18(16,17)12-6-3-2-4-7-12/h2-4,6-7,10H,5,8-9H2,1H3. The van der Waals surface area contributed by atoms with Crippen LogP contribution in [-0.2, 0) is 16.4 Å². The molecule has 0 unspecified atom stereocenters. The van der Waals surface area contributed by atoms with Gasteiger partial charge in [-0.1, -0.05) is 18.2 Å². The molecule has 0 radical (unpaired) electrons. The molecule has 0 saturated carbocycles. The summed E-state index contributed by atoms with van der Waals surface area (Å²) in [5, 5.41) is 4.11. The zero-order chi connectivity index (χ0) is 13.0. The highest BCUT2D eigenvalue weighted by molar-refractivity contribution is 7.91. The highest BCUT2D eigenvalue weighted by Gasteiger charge is 2.13. The Bertz CT molecular complexity index is 605. The number of benzene rings is 1. The van der Waals surface area contributed by atoms with Gasteiger partial charge in [-0.15, -0.1) is 0 Å². The van der Waals surface area contributed by atoms with Crippen molar-refractivity contribution in [1.29, 1.82) is 0 Å². The average molecular weight is 265 g/mol. The zero-order valence-corrected chi connectivity index (χ0v) is 11.0. The molecule has 96 valence electrons. The van der Waals surface area contributed by atoms with E-state index in [2.05, 4.69) is 10.1 Å². The first kappa shape index (κ1) is 12.8. The molecule has 1 heterocycles. The lowest BCUT2D eigenvalue weighted by Crippen LogP contribution is -2.10. The third-order valence-electron chi connectivity index (χ3n) is 2.55. The molecular weight excluding hydrogens is 250 g/mol. The number of sulfone groups is 1. The van der Waals surface area contributed by atoms with E-state index < -0.39 is 9.84 Å². The molecular formula is C12H15N3O2S. The van der Waals surface area contributed by atoms with E-state index in [-0.39, 0.29) is 5.75 Å². The predicted molar refractivity (Wildman–Crippen MR) is 67.9 cm³/mol. The van der Waals surface area contributed by atoms with Crippen LogP contribution in [0.15, 0.2) is 41.6 Å². The summed E-state index contributed by atoms with van der Waals surface area (Å²) in [6.45, 7) is 2.37. The Balaban J connectivity index is 1.94. The second-order valence-corrected chi connectivity index (χ2v) is 6.15. The van der Waals surface area contributed by atoms with Gasteiger partial charge in [-0.3, -0.25) is 4.68 Å². The Morgan fingerprint density at radius 1 is 1.22 bits per heavy atom. The second-order valence-electron chi connectivity index (χ2n) is 4.04. The summed E-state index contributed by atoms with van der Waals surface area (Å²) in [5.41, 5.74) is 0. The normalized spacial score (nSPS) is 11.6. The molecule has 0 aliphatic carbocycles. The summed E-state index contributed by atoms with van der Waals surface area (Å²) in [6.07, 6.45) is 2.14. The Hall–Kier alpha value is -1.69. The number of hydrogen-bond acceptors (Lipinski definition) is 4. The second kappa shape index (κ2) is 5.30. The number of nitrogens with zero attached hydrogens (tertiary/aromatic N) is 3. The molecule has 2 rings (SSSR count). The van der Waals surface area contributed by atoms with Crippen LogP contribution in [0.25, 0.3) is 0 Å². The smallest absolute Gasteiger partial charge is 0.178 e. The van der Waals surface area contributed by atoms with Crippen molar-refractivity contribution in [2.45, 2.75) is 24.8 Å². The van der Waals surface area contributed by atoms with Gasteiger partial charge in [0.25, 0.3) is 0 Å². The molecule has 0 fully saturated rings. The Morgan fingerprint density at radius 2 is 1.94 bits per heavy atom. The van der Waals surface area contributed by atoms with E-state index in [1.807, 2.05) is 0 Å². The first-order valence-corrected chi connectivity index (χ1v) is 7.37. The zero-order valence-electron chi connectivity index (χ0n) is 10.2. The fourth-order valence-corrected chi connectivity index (χ4v) is 2.97. The highest BCUT2D eigenvalue weighted by atomic mass is 32.2. The van der Waals surface area contributed by atoms with Gasteiger partial charge in [0.1, 0.15) is 12.2 Å². The van der Waals surface area contributed by atoms with E-state index in [0.29, 0.717) is 23.7 Å². The molecule has 6 heteroatoms. The lowest BCUT2D eigenvalue weighted by molar-refractivity contribution is 0.570. The Morgan fingerprint density at radius 3 is 2.56 bits per heavy atom. The fourth-order valence-electron chi connectivity index (χ4n) is 1.66. The summed E-state index contributed by atoms with van der Waals surface area (Å²) >= 11 is 0. The minimum atomic E-state index is -3.19. The topological polar surface area (TPSA) is 64.8 Å². The van der Waals surface area contributed by atoms with E-state index in [0.717, 1.165) is 0 Å². The maximum absolute atomic E-state index is 12.0. The van der Waals surface area contributed by atoms with Crippen LogP contribution < -0.4 is 0 Å². The van der Waals surface area contributed by atoms with E-state index >= 15 is 0 Å². The molecule has 0 atom stereocenters. The van der Waals surface area contributed by atoms with Crippen LogP contribution in [0, 0.1) is 6.92 Å². The van der Waals surface area contributed by atoms with E-state index in [1.165, 1.54) is 0 Å². The highest BCUT2D eigenvalue weighted by Crippen LogP contribution is 2.11. The molecule has 1 aromatic carbocycles. The van der Waals surface area contributed by atoms with Gasteiger partial charge in [0.2, 0.25) is 0 Å². The third kappa shape index (κ3) is 3.16. The van der Waals surface area contributed by atoms with E-state index in [1.54, 1.807) is 48.3 Å². The molecule has 5 nitrogen and oxygen atoms in total. The molecule has 1 aromatic heterocycles. The molecule has 0 saturated heterocycles. The van der Waals surface area contributed by atoms with Crippen molar-refractivity contribution in [1.82, 2.24) is 14.8 Å². The first-order chi connectivity index (χ1) is 8.58. The van der Waals surface area contributed by atoms with Gasteiger partial charge in [0.15, 0.2) is 9.84 Å². The first-order valence-electron chi connectivity index (χ1n) is 5.72. The minimum absolute atomic E-state index is 0.121. The SMILES string of the molecule is Cc1ncn(CCCS(=O)(=O)c2ccccc2)n1. The molecule has 0 aliphatic rings. The summed E-state index contributed by atoms with van der Waals surface area (Å²) < 4.78 is 25.6. The van der Waals surface area contributed by atoms with Gasteiger partial charge in [-0.05, 0) is 25.5 Å². The van der Waals surface area contributed by atoms with Crippen LogP contribution >= 0.6 is 0 Å². The van der Waals surface area contributed by atoms with Crippen LogP contribution in [0.1, 0.15) is 12.2 Å². The van der Waals surface area contributed by atoms with Gasteiger partial charge in [0, 0.05) is 6.54 Å². The summed E-state index contributed by atoms with van der Waals surface area (Å²) in [4.78, 5) is 4.37. The van der Waals surface area contributed by atoms with Gasteiger partial charge >= 0.3 is 0 Å². The van der Waals surface area contributed by atoms with E-state index in [9.17, 15) is 8.42 Å². The lowest BCUT2D eigenvalue weighted by Gasteiger charge is -2.04. The quantitative estimate of drug-likeness (QED) is 0.820. The van der Waals surface area contributed by atoms with Gasteiger partial charge in [-0.2, -0.15) is 5.10 Å². The minimum Gasteiger partial charge on any atom is -0.253 e. The van der Waals surface area contributed by atoms with E-state index in [4.69, 9.17) is 0 Å². The summed E-state index contributed by atoms with van der Waals surface area (Å²) in [6, 6.07) is 8.50. The molecule has 0 spiro atoms. The van der Waals surface area contributed by atoms with Crippen LogP contribution in [0.2, 0.25) is 0 Å². The van der Waals surface area contributed by atoms with Crippen LogP contribution in [0.3, 0.4) is 0 Å². The lowest BCUT2D eigenvalue weighted by atomic mass is 10.4. The summed E-state index contributed by atoms with van der Waals surface area (Å²) in [5.74, 6) is 0.816. The number of aromatic nitrogens is 3. The molecule has 0 amide bonds. The fraction of sp³-hybridized carbons (Fsp3) is 0.333. The van der Waals surface area contributed by atoms with Crippen LogP contribution in [0.5, 0.6) is 0 Å². The molecule has 0 aliphatic heterocycles. The van der Waals surface area contributed by atoms with Crippen molar-refractivity contribution >= 4 is 9.84 Å². The summed E-state index contributed by atoms with van der Waals surface area (Å²) in [7, 11) is -3.19. The van der Waals surface area contributed by atoms with Gasteiger partial charge in [-0.25, -0.2) is 13.4 Å². The third-order valence-corrected chi connectivity index (χ3v) is 4.37. The van der Waals surface area contributed by atoms with Crippen molar-refractivity contribution < 1.29 is 8.42 Å². The van der Waals surface area contributed by atoms with Crippen molar-refractivity contribution in [3.05, 3.63) is 42.5 Å². The largest absolute Gasteiger partial charge is 0.253 e. The van der Waals surface area contributed by atoms with Crippen molar-refractivity contribution in [2.24, 2.45) is 0 Å². The average Bonchev–Trinajstić information content (AvgIpc) is 2.76. The molecule has 18 heavy (non-hydrogen) atoms. The Labute approximate surface area is 106 Å². The van der Waals surface area contributed by atoms with Crippen molar-refractivity contribution in [3.8, 4) is 0 Å². The molecule has 0 N–H and O–H groups in total. The monoisotopic (exact) mass is 265 g/mol. The number of aryl methyl sites for hydroxylation is 2. The number of rotatable bonds is 5. The van der Waals surface area contributed by atoms with Crippen molar-refractivity contribution in [2.75, 3.05) is 5.75 Å². The van der Waals surface area contributed by atoms with Crippen molar-refractivity contribution in [3.63, 3.8) is 0 Å². The molecule has 2 aromatic rings.